The summed E-state index contributed by atoms with van der Waals surface area (Å²) in [5, 5.41) is 25.1. The molecule has 322 valence electrons. The van der Waals surface area contributed by atoms with Crippen molar-refractivity contribution in [1.29, 1.82) is 0 Å². The fourth-order valence-electron chi connectivity index (χ4n) is 6.66. The first-order valence-electron chi connectivity index (χ1n) is 19.8. The van der Waals surface area contributed by atoms with Crippen molar-refractivity contribution in [2.75, 3.05) is 33.4 Å². The number of aliphatic hydroxyl groups is 1. The van der Waals surface area contributed by atoms with Gasteiger partial charge in [0.2, 0.25) is 11.3 Å². The molecule has 1 heterocycles. The summed E-state index contributed by atoms with van der Waals surface area (Å²) in [6.45, 7) is 10.4. The molecule has 0 aliphatic rings. The van der Waals surface area contributed by atoms with Gasteiger partial charge in [-0.05, 0) is 77.7 Å². The SMILES string of the molecule is COC(=O)[C@H](CCCNC(C)=O)CC(=O)COc1cc2oc3cc(OCC(=O)C[C@H](C)CCCN=C(N)N)c(CO)c(CC=C(C)C)c3c(=O)c2c(O)c1CC=C(C)C. The van der Waals surface area contributed by atoms with E-state index in [1.807, 2.05) is 46.8 Å². The number of guanidine groups is 1. The molecule has 1 aromatic heterocycles. The van der Waals surface area contributed by atoms with Crippen molar-refractivity contribution < 1.29 is 48.0 Å². The van der Waals surface area contributed by atoms with Gasteiger partial charge in [-0.2, -0.15) is 0 Å². The molecule has 0 unspecified atom stereocenters. The highest BCUT2D eigenvalue weighted by molar-refractivity contribution is 5.97. The number of nitrogens with zero attached hydrogens (tertiary/aromatic N) is 1. The maximum absolute atomic E-state index is 14.5. The number of rotatable bonds is 24. The first-order chi connectivity index (χ1) is 28.0. The van der Waals surface area contributed by atoms with Crippen LogP contribution < -0.4 is 31.7 Å². The molecule has 0 saturated heterocycles. The third kappa shape index (κ3) is 14.3. The molecule has 0 aliphatic carbocycles. The number of ketones is 2. The van der Waals surface area contributed by atoms with E-state index >= 15 is 0 Å². The molecule has 7 N–H and O–H groups in total. The average molecular weight is 821 g/mol. The van der Waals surface area contributed by atoms with Crippen LogP contribution in [0.25, 0.3) is 21.9 Å². The molecular formula is C44H60N4O11. The maximum atomic E-state index is 14.5. The van der Waals surface area contributed by atoms with Crippen LogP contribution in [0, 0.1) is 11.8 Å². The number of Topliss-reactive ketones (excluding diaryl/α,β-unsaturated/α-hetero) is 2. The fraction of sp³-hybridized carbons (Fsp3) is 0.500. The first-order valence-corrected chi connectivity index (χ1v) is 19.8. The van der Waals surface area contributed by atoms with Gasteiger partial charge < -0.3 is 45.6 Å². The van der Waals surface area contributed by atoms with Gasteiger partial charge in [-0.25, -0.2) is 0 Å². The van der Waals surface area contributed by atoms with Crippen LogP contribution in [0.15, 0.2) is 49.6 Å². The number of aliphatic hydroxyl groups excluding tert-OH is 1. The number of phenolic OH excluding ortho intramolecular Hbond substituents is 1. The van der Waals surface area contributed by atoms with Crippen molar-refractivity contribution in [1.82, 2.24) is 5.32 Å². The highest BCUT2D eigenvalue weighted by atomic mass is 16.5. The molecule has 15 heteroatoms. The number of esters is 1. The highest BCUT2D eigenvalue weighted by Crippen LogP contribution is 2.39. The van der Waals surface area contributed by atoms with Crippen LogP contribution in [0.2, 0.25) is 0 Å². The molecule has 1 amide bonds. The second kappa shape index (κ2) is 23.0. The number of carbonyl (C=O) groups is 4. The van der Waals surface area contributed by atoms with Crippen molar-refractivity contribution in [2.24, 2.45) is 28.3 Å². The molecule has 0 saturated carbocycles. The Bertz CT molecular complexity index is 2140. The molecule has 2 aromatic carbocycles. The lowest BCUT2D eigenvalue weighted by molar-refractivity contribution is -0.147. The molecule has 59 heavy (non-hydrogen) atoms. The summed E-state index contributed by atoms with van der Waals surface area (Å²) in [5.41, 5.74) is 13.1. The number of amides is 1. The van der Waals surface area contributed by atoms with E-state index in [1.165, 1.54) is 26.2 Å². The van der Waals surface area contributed by atoms with E-state index < -0.39 is 36.3 Å². The summed E-state index contributed by atoms with van der Waals surface area (Å²) in [7, 11) is 1.24. The zero-order valence-corrected chi connectivity index (χ0v) is 35.3. The summed E-state index contributed by atoms with van der Waals surface area (Å²) in [4.78, 5) is 68.4. The Morgan fingerprint density at radius 1 is 0.847 bits per heavy atom. The molecule has 0 spiro atoms. The first kappa shape index (κ1) is 47.7. The minimum atomic E-state index is -0.758. The maximum Gasteiger partial charge on any atom is 0.309 e. The summed E-state index contributed by atoms with van der Waals surface area (Å²) in [6.07, 6.45) is 6.35. The van der Waals surface area contributed by atoms with Crippen molar-refractivity contribution in [2.45, 2.75) is 99.5 Å². The van der Waals surface area contributed by atoms with Crippen molar-refractivity contribution in [3.05, 3.63) is 62.3 Å². The largest absolute Gasteiger partial charge is 0.507 e. The lowest BCUT2D eigenvalue weighted by atomic mass is 9.95. The number of fused-ring (bicyclic) bond motifs is 2. The number of allylic oxidation sites excluding steroid dienone is 4. The van der Waals surface area contributed by atoms with Gasteiger partial charge in [0.05, 0.1) is 25.0 Å². The third-order valence-corrected chi connectivity index (χ3v) is 9.68. The van der Waals surface area contributed by atoms with Gasteiger partial charge in [0.1, 0.15) is 47.0 Å². The molecule has 0 fully saturated rings. The van der Waals surface area contributed by atoms with Gasteiger partial charge in [0.25, 0.3) is 0 Å². The highest BCUT2D eigenvalue weighted by Gasteiger charge is 2.26. The lowest BCUT2D eigenvalue weighted by Gasteiger charge is -2.18. The Hall–Kier alpha value is -5.70. The number of methoxy groups -OCH3 is 1. The Kier molecular flexibility index (Phi) is 18.6. The predicted molar refractivity (Wildman–Crippen MR) is 227 cm³/mol. The number of aliphatic imine (C=N–C) groups is 1. The van der Waals surface area contributed by atoms with E-state index in [1.54, 1.807) is 0 Å². The molecule has 2 atom stereocenters. The van der Waals surface area contributed by atoms with Gasteiger partial charge in [-0.3, -0.25) is 29.0 Å². The van der Waals surface area contributed by atoms with Gasteiger partial charge in [0, 0.05) is 56.1 Å². The zero-order valence-electron chi connectivity index (χ0n) is 35.3. The molecule has 0 bridgehead atoms. The molecule has 3 rings (SSSR count). The van der Waals surface area contributed by atoms with Crippen LogP contribution in [0.4, 0.5) is 0 Å². The number of benzene rings is 2. The van der Waals surface area contributed by atoms with Crippen LogP contribution in [0.5, 0.6) is 17.2 Å². The molecule has 0 radical (unpaired) electrons. The van der Waals surface area contributed by atoms with Crippen LogP contribution >= 0.6 is 0 Å². The van der Waals surface area contributed by atoms with Crippen LogP contribution in [-0.4, -0.2) is 73.0 Å². The van der Waals surface area contributed by atoms with Crippen LogP contribution in [0.1, 0.15) is 96.8 Å². The van der Waals surface area contributed by atoms with E-state index in [9.17, 15) is 34.2 Å². The van der Waals surface area contributed by atoms with E-state index in [4.69, 9.17) is 30.1 Å². The smallest absolute Gasteiger partial charge is 0.309 e. The quantitative estimate of drug-likeness (QED) is 0.0194. The number of phenols is 1. The van der Waals surface area contributed by atoms with Crippen LogP contribution in [0.3, 0.4) is 0 Å². The summed E-state index contributed by atoms with van der Waals surface area (Å²) >= 11 is 0. The Morgan fingerprint density at radius 3 is 1.98 bits per heavy atom. The standard InChI is InChI=1S/C44H60N4O11/c1-25(2)12-14-32-34(22-49)36(58-23-30(51)18-27(5)10-8-17-48-44(45)46)21-37-39(32)42(54)40-38(59-37)20-35(33(41(40)53)15-13-26(3)4)57-24-31(52)19-29(43(55)56-7)11-9-16-47-28(6)50/h12-13,20-21,27,29,49,53H,8-11,14-19,22-24H2,1-7H3,(H,47,50)(H4,45,46,48)/t27-,29-/m1/s1. The summed E-state index contributed by atoms with van der Waals surface area (Å²) < 4.78 is 23.3. The van der Waals surface area contributed by atoms with Crippen molar-refractivity contribution >= 4 is 51.3 Å². The molecular weight excluding hydrogens is 761 g/mol. The van der Waals surface area contributed by atoms with Gasteiger partial charge in [0.15, 0.2) is 17.5 Å². The topological polar surface area (TPSA) is 243 Å². The van der Waals surface area contributed by atoms with Gasteiger partial charge >= 0.3 is 5.97 Å². The number of hydrogen-bond acceptors (Lipinski definition) is 12. The predicted octanol–water partition coefficient (Wildman–Crippen LogP) is 5.23. The Labute approximate surface area is 344 Å². The lowest BCUT2D eigenvalue weighted by Crippen LogP contribution is -2.26. The van der Waals surface area contributed by atoms with E-state index in [0.717, 1.165) is 17.6 Å². The fourth-order valence-corrected chi connectivity index (χ4v) is 6.66. The minimum absolute atomic E-state index is 0.0162. The number of nitrogens with two attached hydrogens (primary N) is 2. The average Bonchev–Trinajstić information content (AvgIpc) is 3.16. The number of aromatic hydroxyl groups is 1. The minimum Gasteiger partial charge on any atom is -0.507 e. The van der Waals surface area contributed by atoms with E-state index in [0.29, 0.717) is 43.5 Å². The van der Waals surface area contributed by atoms with Crippen molar-refractivity contribution in [3.63, 3.8) is 0 Å². The Balaban J connectivity index is 2.07. The summed E-state index contributed by atoms with van der Waals surface area (Å²) in [5.74, 6) is -2.17. The zero-order chi connectivity index (χ0) is 43.8. The second-order valence-electron chi connectivity index (χ2n) is 15.3. The number of carbonyl (C=O) groups excluding carboxylic acids is 4. The molecule has 3 aromatic rings. The van der Waals surface area contributed by atoms with Crippen molar-refractivity contribution in [3.8, 4) is 17.2 Å². The Morgan fingerprint density at radius 2 is 1.42 bits per heavy atom. The third-order valence-electron chi connectivity index (χ3n) is 9.68. The number of ether oxygens (including phenoxy) is 3. The van der Waals surface area contributed by atoms with Crippen LogP contribution in [-0.2, 0) is 43.4 Å². The molecule has 15 nitrogen and oxygen atoms in total. The molecule has 0 aliphatic heterocycles. The van der Waals surface area contributed by atoms with E-state index in [-0.39, 0.29) is 101 Å². The normalized spacial score (nSPS) is 12.0. The van der Waals surface area contributed by atoms with Gasteiger partial charge in [-0.1, -0.05) is 30.2 Å². The summed E-state index contributed by atoms with van der Waals surface area (Å²) in [6, 6.07) is 2.90. The number of hydrogen-bond donors (Lipinski definition) is 5. The number of nitrogens with one attached hydrogen (secondary N) is 1. The van der Waals surface area contributed by atoms with E-state index in [2.05, 4.69) is 10.3 Å². The monoisotopic (exact) mass is 820 g/mol. The van der Waals surface area contributed by atoms with Gasteiger partial charge in [-0.15, -0.1) is 0 Å². The second-order valence-corrected chi connectivity index (χ2v) is 15.3.